The Morgan fingerprint density at radius 2 is 1.96 bits per heavy atom. The summed E-state index contributed by atoms with van der Waals surface area (Å²) in [5.41, 5.74) is 2.77. The van der Waals surface area contributed by atoms with Gasteiger partial charge < -0.3 is 9.64 Å². The lowest BCUT2D eigenvalue weighted by Gasteiger charge is -2.29. The van der Waals surface area contributed by atoms with Gasteiger partial charge in [0.25, 0.3) is 5.91 Å². The quantitative estimate of drug-likeness (QED) is 0.854. The van der Waals surface area contributed by atoms with E-state index in [4.69, 9.17) is 4.74 Å². The van der Waals surface area contributed by atoms with Gasteiger partial charge >= 0.3 is 0 Å². The first-order valence-electron chi connectivity index (χ1n) is 7.94. The second-order valence-corrected chi connectivity index (χ2v) is 6.38. The zero-order valence-corrected chi connectivity index (χ0v) is 12.9. The average molecular weight is 314 g/mol. The van der Waals surface area contributed by atoms with E-state index in [1.165, 1.54) is 5.56 Å². The number of nitrogens with zero attached hydrogens (tertiary/aromatic N) is 1. The number of methoxy groups -OCH3 is 1. The van der Waals surface area contributed by atoms with Crippen molar-refractivity contribution in [3.63, 3.8) is 0 Å². The van der Waals surface area contributed by atoms with Gasteiger partial charge in [0.05, 0.1) is 12.7 Å². The lowest BCUT2D eigenvalue weighted by atomic mass is 9.99. The minimum atomic E-state index is -0.579. The lowest BCUT2D eigenvalue weighted by Crippen LogP contribution is -2.52. The molecule has 0 aromatic heterocycles. The summed E-state index contributed by atoms with van der Waals surface area (Å²) in [6.07, 6.45) is 2.94. The maximum atomic E-state index is 12.9. The number of piperidine rings is 1. The summed E-state index contributed by atoms with van der Waals surface area (Å²) < 4.78 is 5.36. The first-order valence-corrected chi connectivity index (χ1v) is 7.94. The van der Waals surface area contributed by atoms with Crippen molar-refractivity contribution in [1.82, 2.24) is 10.2 Å². The summed E-state index contributed by atoms with van der Waals surface area (Å²) in [4.78, 5) is 37.9. The van der Waals surface area contributed by atoms with Crippen molar-refractivity contribution >= 4 is 17.7 Å². The second kappa shape index (κ2) is 5.08. The zero-order chi connectivity index (χ0) is 16.1. The van der Waals surface area contributed by atoms with E-state index in [2.05, 4.69) is 5.32 Å². The van der Waals surface area contributed by atoms with Crippen LogP contribution < -0.4 is 10.1 Å². The van der Waals surface area contributed by atoms with Gasteiger partial charge in [-0.25, -0.2) is 0 Å². The van der Waals surface area contributed by atoms with Crippen molar-refractivity contribution in [3.8, 4) is 5.75 Å². The number of imide groups is 1. The van der Waals surface area contributed by atoms with Gasteiger partial charge in [0.15, 0.2) is 0 Å². The number of fused-ring (bicyclic) bond motifs is 1. The topological polar surface area (TPSA) is 75.7 Å². The SMILES string of the molecule is COc1ccc(C2CC2)c2c1C(=O)N(C1CCC(=O)NC1=O)C2. The van der Waals surface area contributed by atoms with Gasteiger partial charge in [-0.2, -0.15) is 0 Å². The van der Waals surface area contributed by atoms with E-state index in [0.29, 0.717) is 30.2 Å². The summed E-state index contributed by atoms with van der Waals surface area (Å²) >= 11 is 0. The van der Waals surface area contributed by atoms with Crippen LogP contribution in [0.2, 0.25) is 0 Å². The Morgan fingerprint density at radius 1 is 1.17 bits per heavy atom. The van der Waals surface area contributed by atoms with Crippen molar-refractivity contribution in [1.29, 1.82) is 0 Å². The highest BCUT2D eigenvalue weighted by molar-refractivity contribution is 6.06. The standard InChI is InChI=1S/C17H18N2O4/c1-23-13-6-4-10(9-2-3-9)11-8-19(17(22)15(11)13)12-5-7-14(20)18-16(12)21/h4,6,9,12H,2-3,5,7-8H2,1H3,(H,18,20,21). The van der Waals surface area contributed by atoms with Crippen LogP contribution in [0.1, 0.15) is 53.1 Å². The molecule has 2 heterocycles. The number of amides is 3. The molecule has 1 aromatic carbocycles. The fraction of sp³-hybridized carbons (Fsp3) is 0.471. The molecule has 6 nitrogen and oxygen atoms in total. The van der Waals surface area contributed by atoms with Gasteiger partial charge in [-0.3, -0.25) is 19.7 Å². The van der Waals surface area contributed by atoms with Crippen LogP contribution >= 0.6 is 0 Å². The molecule has 2 aliphatic heterocycles. The molecule has 3 amide bonds. The highest BCUT2D eigenvalue weighted by Gasteiger charge is 2.42. The molecule has 6 heteroatoms. The summed E-state index contributed by atoms with van der Waals surface area (Å²) in [7, 11) is 1.55. The summed E-state index contributed by atoms with van der Waals surface area (Å²) in [6.45, 7) is 0.420. The van der Waals surface area contributed by atoms with Crippen LogP contribution in [0, 0.1) is 0 Å². The Bertz CT molecular complexity index is 724. The number of benzene rings is 1. The van der Waals surface area contributed by atoms with Gasteiger partial charge in [-0.15, -0.1) is 0 Å². The number of nitrogens with one attached hydrogen (secondary N) is 1. The predicted octanol–water partition coefficient (Wildman–Crippen LogP) is 1.33. The molecule has 1 atom stereocenters. The smallest absolute Gasteiger partial charge is 0.258 e. The van der Waals surface area contributed by atoms with Crippen molar-refractivity contribution < 1.29 is 19.1 Å². The largest absolute Gasteiger partial charge is 0.496 e. The van der Waals surface area contributed by atoms with Crippen LogP contribution in [0.15, 0.2) is 12.1 Å². The van der Waals surface area contributed by atoms with Crippen LogP contribution in [0.25, 0.3) is 0 Å². The molecule has 4 rings (SSSR count). The van der Waals surface area contributed by atoms with E-state index >= 15 is 0 Å². The molecule has 0 radical (unpaired) electrons. The molecular formula is C17H18N2O4. The number of carbonyl (C=O) groups is 3. The van der Waals surface area contributed by atoms with E-state index in [9.17, 15) is 14.4 Å². The van der Waals surface area contributed by atoms with Crippen LogP contribution in [-0.4, -0.2) is 35.8 Å². The van der Waals surface area contributed by atoms with E-state index in [-0.39, 0.29) is 24.1 Å². The highest BCUT2D eigenvalue weighted by atomic mass is 16.5. The fourth-order valence-corrected chi connectivity index (χ4v) is 3.61. The fourth-order valence-electron chi connectivity index (χ4n) is 3.61. The minimum Gasteiger partial charge on any atom is -0.496 e. The van der Waals surface area contributed by atoms with Crippen molar-refractivity contribution in [2.45, 2.75) is 44.2 Å². The molecule has 1 N–H and O–H groups in total. The van der Waals surface area contributed by atoms with Crippen LogP contribution in [0.3, 0.4) is 0 Å². The predicted molar refractivity (Wildman–Crippen MR) is 81.0 cm³/mol. The molecule has 0 bridgehead atoms. The molecule has 2 fully saturated rings. The van der Waals surface area contributed by atoms with E-state index in [1.54, 1.807) is 12.0 Å². The Balaban J connectivity index is 1.71. The third-order valence-corrected chi connectivity index (χ3v) is 4.94. The molecule has 1 unspecified atom stereocenters. The Labute approximate surface area is 133 Å². The second-order valence-electron chi connectivity index (χ2n) is 6.38. The van der Waals surface area contributed by atoms with Crippen LogP contribution in [-0.2, 0) is 16.1 Å². The molecule has 1 saturated heterocycles. The van der Waals surface area contributed by atoms with Gasteiger partial charge in [0, 0.05) is 13.0 Å². The molecule has 1 aliphatic carbocycles. The highest BCUT2D eigenvalue weighted by Crippen LogP contribution is 2.46. The maximum absolute atomic E-state index is 12.9. The van der Waals surface area contributed by atoms with Gasteiger partial charge in [0.1, 0.15) is 11.8 Å². The minimum absolute atomic E-state index is 0.172. The van der Waals surface area contributed by atoms with Crippen molar-refractivity contribution in [2.75, 3.05) is 7.11 Å². The molecule has 1 saturated carbocycles. The van der Waals surface area contributed by atoms with Crippen molar-refractivity contribution in [3.05, 3.63) is 28.8 Å². The number of carbonyl (C=O) groups excluding carboxylic acids is 3. The molecule has 1 aromatic rings. The molecule has 120 valence electrons. The molecule has 0 spiro atoms. The Kier molecular flexibility index (Phi) is 3.14. The lowest BCUT2D eigenvalue weighted by molar-refractivity contribution is -0.136. The molecule has 3 aliphatic rings. The Hall–Kier alpha value is -2.37. The Morgan fingerprint density at radius 3 is 2.61 bits per heavy atom. The number of hydrogen-bond donors (Lipinski definition) is 1. The molecule has 23 heavy (non-hydrogen) atoms. The third kappa shape index (κ3) is 2.20. The van der Waals surface area contributed by atoms with E-state index in [1.807, 2.05) is 12.1 Å². The monoisotopic (exact) mass is 314 g/mol. The van der Waals surface area contributed by atoms with Crippen LogP contribution in [0.4, 0.5) is 0 Å². The first-order chi connectivity index (χ1) is 11.1. The van der Waals surface area contributed by atoms with Gasteiger partial charge in [-0.1, -0.05) is 6.07 Å². The maximum Gasteiger partial charge on any atom is 0.258 e. The average Bonchev–Trinajstić information content (AvgIpc) is 3.31. The van der Waals surface area contributed by atoms with Crippen molar-refractivity contribution in [2.24, 2.45) is 0 Å². The van der Waals surface area contributed by atoms with Crippen LogP contribution in [0.5, 0.6) is 5.75 Å². The zero-order valence-electron chi connectivity index (χ0n) is 12.9. The number of hydrogen-bond acceptors (Lipinski definition) is 4. The number of rotatable bonds is 3. The van der Waals surface area contributed by atoms with E-state index < -0.39 is 6.04 Å². The summed E-state index contributed by atoms with van der Waals surface area (Å²) in [5, 5.41) is 2.33. The molecular weight excluding hydrogens is 296 g/mol. The van der Waals surface area contributed by atoms with E-state index in [0.717, 1.165) is 18.4 Å². The number of ether oxygens (including phenoxy) is 1. The summed E-state index contributed by atoms with van der Waals surface area (Å²) in [5.74, 6) is 0.253. The first kappa shape index (κ1) is 14.2. The summed E-state index contributed by atoms with van der Waals surface area (Å²) in [6, 6.07) is 3.30. The normalized spacial score (nSPS) is 23.8. The third-order valence-electron chi connectivity index (χ3n) is 4.94. The van der Waals surface area contributed by atoms with Gasteiger partial charge in [-0.05, 0) is 42.4 Å². The van der Waals surface area contributed by atoms with Gasteiger partial charge in [0.2, 0.25) is 11.8 Å².